The van der Waals surface area contributed by atoms with Gasteiger partial charge in [0, 0.05) is 11.5 Å². The maximum atomic E-state index is 12.2. The first-order valence-corrected chi connectivity index (χ1v) is 8.36. The van der Waals surface area contributed by atoms with E-state index >= 15 is 0 Å². The minimum absolute atomic E-state index is 0.0100. The Morgan fingerprint density at radius 1 is 1.23 bits per heavy atom. The van der Waals surface area contributed by atoms with Gasteiger partial charge < -0.3 is 10.2 Å². The zero-order valence-electron chi connectivity index (χ0n) is 12.8. The molecule has 1 aliphatic heterocycles. The molecule has 1 fully saturated rings. The third-order valence-electron chi connectivity index (χ3n) is 3.76. The highest BCUT2D eigenvalue weighted by Crippen LogP contribution is 2.20. The summed E-state index contributed by atoms with van der Waals surface area (Å²) in [6, 6.07) is 7.41. The number of nitrogens with zero attached hydrogens (tertiary/aromatic N) is 2. The highest BCUT2D eigenvalue weighted by atomic mass is 79.9. The fraction of sp³-hybridized carbons (Fsp3) is 0.500. The van der Waals surface area contributed by atoms with E-state index in [1.165, 1.54) is 11.3 Å². The third-order valence-corrected chi connectivity index (χ3v) is 4.45. The van der Waals surface area contributed by atoms with Crippen LogP contribution in [-0.2, 0) is 9.59 Å². The largest absolute Gasteiger partial charge is 0.335 e. The van der Waals surface area contributed by atoms with Gasteiger partial charge in [0.1, 0.15) is 0 Å². The van der Waals surface area contributed by atoms with Gasteiger partial charge in [-0.2, -0.15) is 0 Å². The second-order valence-corrected chi connectivity index (χ2v) is 6.47. The number of hydrogen-bond donors (Lipinski definition) is 1. The maximum Gasteiger partial charge on any atom is 0.244 e. The van der Waals surface area contributed by atoms with Crippen LogP contribution < -0.4 is 5.32 Å². The van der Waals surface area contributed by atoms with Crippen molar-refractivity contribution in [3.63, 3.8) is 0 Å². The van der Waals surface area contributed by atoms with Crippen molar-refractivity contribution in [3.05, 3.63) is 28.7 Å². The lowest BCUT2D eigenvalue weighted by Gasteiger charge is -2.27. The Kier molecular flexibility index (Phi) is 6.39. The molecule has 0 unspecified atom stereocenters. The number of hydrogen-bond acceptors (Lipinski definition) is 3. The van der Waals surface area contributed by atoms with Crippen LogP contribution in [0.1, 0.15) is 19.3 Å². The number of rotatable bonds is 5. The second kappa shape index (κ2) is 8.29. The summed E-state index contributed by atoms with van der Waals surface area (Å²) in [5, 5.41) is 2.81. The zero-order valence-corrected chi connectivity index (χ0v) is 14.4. The third kappa shape index (κ3) is 5.10. The van der Waals surface area contributed by atoms with Gasteiger partial charge in [0.15, 0.2) is 0 Å². The smallest absolute Gasteiger partial charge is 0.244 e. The number of likely N-dealkylation sites (tertiary alicyclic amines) is 1. The van der Waals surface area contributed by atoms with Crippen LogP contribution in [0.15, 0.2) is 28.7 Å². The van der Waals surface area contributed by atoms with Crippen LogP contribution in [0.4, 0.5) is 5.69 Å². The molecule has 1 saturated heterocycles. The molecule has 2 amide bonds. The van der Waals surface area contributed by atoms with E-state index in [1.807, 2.05) is 24.3 Å². The monoisotopic (exact) mass is 367 g/mol. The molecular weight excluding hydrogens is 346 g/mol. The van der Waals surface area contributed by atoms with Gasteiger partial charge >= 0.3 is 0 Å². The van der Waals surface area contributed by atoms with Crippen molar-refractivity contribution >= 4 is 33.4 Å². The molecule has 0 radical (unpaired) electrons. The molecule has 22 heavy (non-hydrogen) atoms. The number of para-hydroxylation sites is 1. The molecule has 1 aromatic rings. The summed E-state index contributed by atoms with van der Waals surface area (Å²) in [7, 11) is 1.67. The molecule has 1 aliphatic rings. The first-order chi connectivity index (χ1) is 10.6. The van der Waals surface area contributed by atoms with Gasteiger partial charge in [0.05, 0.1) is 18.8 Å². The molecule has 1 N–H and O–H groups in total. The first-order valence-electron chi connectivity index (χ1n) is 7.57. The van der Waals surface area contributed by atoms with E-state index in [4.69, 9.17) is 0 Å². The summed E-state index contributed by atoms with van der Waals surface area (Å²) in [5.74, 6) is -0.203. The first kappa shape index (κ1) is 17.0. The number of likely N-dealkylation sites (N-methyl/N-ethyl adjacent to an activating group) is 1. The molecule has 5 nitrogen and oxygen atoms in total. The van der Waals surface area contributed by atoms with Crippen LogP contribution in [0.5, 0.6) is 0 Å². The van der Waals surface area contributed by atoms with E-state index in [-0.39, 0.29) is 18.4 Å². The lowest BCUT2D eigenvalue weighted by Crippen LogP contribution is -2.43. The summed E-state index contributed by atoms with van der Waals surface area (Å²) < 4.78 is 0.825. The average Bonchev–Trinajstić information content (AvgIpc) is 2.50. The Hall–Kier alpha value is -1.40. The Morgan fingerprint density at radius 3 is 2.59 bits per heavy atom. The quantitative estimate of drug-likeness (QED) is 0.868. The predicted octanol–water partition coefficient (Wildman–Crippen LogP) is 2.33. The molecule has 1 aromatic carbocycles. The van der Waals surface area contributed by atoms with Crippen LogP contribution in [-0.4, -0.2) is 54.8 Å². The van der Waals surface area contributed by atoms with Gasteiger partial charge in [0.25, 0.3) is 0 Å². The number of halogens is 1. The van der Waals surface area contributed by atoms with Gasteiger partial charge in [-0.25, -0.2) is 0 Å². The van der Waals surface area contributed by atoms with Gasteiger partial charge in [-0.15, -0.1) is 0 Å². The average molecular weight is 368 g/mol. The zero-order chi connectivity index (χ0) is 15.9. The molecule has 0 bridgehead atoms. The van der Waals surface area contributed by atoms with E-state index in [9.17, 15) is 9.59 Å². The SMILES string of the molecule is CN(CC(=O)Nc1ccccc1Br)C(=O)CN1CCCCC1. The summed E-state index contributed by atoms with van der Waals surface area (Å²) >= 11 is 3.38. The molecule has 0 aliphatic carbocycles. The summed E-state index contributed by atoms with van der Waals surface area (Å²) in [6.45, 7) is 2.41. The Labute approximate surface area is 139 Å². The van der Waals surface area contributed by atoms with E-state index in [0.717, 1.165) is 30.4 Å². The summed E-state index contributed by atoms with van der Waals surface area (Å²) in [4.78, 5) is 27.8. The van der Waals surface area contributed by atoms with Crippen molar-refractivity contribution in [1.29, 1.82) is 0 Å². The fourth-order valence-electron chi connectivity index (χ4n) is 2.49. The van der Waals surface area contributed by atoms with Crippen LogP contribution >= 0.6 is 15.9 Å². The van der Waals surface area contributed by atoms with Gasteiger partial charge in [-0.1, -0.05) is 18.6 Å². The Balaban J connectivity index is 1.80. The number of carbonyl (C=O) groups is 2. The number of anilines is 1. The van der Waals surface area contributed by atoms with Gasteiger partial charge in [-0.05, 0) is 54.0 Å². The number of amides is 2. The highest BCUT2D eigenvalue weighted by molar-refractivity contribution is 9.10. The number of benzene rings is 1. The Bertz CT molecular complexity index is 530. The van der Waals surface area contributed by atoms with Gasteiger partial charge in [0.2, 0.25) is 11.8 Å². The van der Waals surface area contributed by atoms with Crippen molar-refractivity contribution in [2.45, 2.75) is 19.3 Å². The second-order valence-electron chi connectivity index (χ2n) is 5.61. The molecular formula is C16H22BrN3O2. The van der Waals surface area contributed by atoms with Crippen LogP contribution in [0.25, 0.3) is 0 Å². The number of nitrogens with one attached hydrogen (secondary N) is 1. The van der Waals surface area contributed by atoms with Crippen molar-refractivity contribution in [3.8, 4) is 0 Å². The van der Waals surface area contributed by atoms with Gasteiger partial charge in [-0.3, -0.25) is 14.5 Å². The van der Waals surface area contributed by atoms with Crippen molar-refractivity contribution < 1.29 is 9.59 Å². The van der Waals surface area contributed by atoms with Crippen molar-refractivity contribution in [2.24, 2.45) is 0 Å². The van der Waals surface area contributed by atoms with Crippen molar-refractivity contribution in [2.75, 3.05) is 38.5 Å². The summed E-state index contributed by atoms with van der Waals surface area (Å²) in [5.41, 5.74) is 0.712. The maximum absolute atomic E-state index is 12.2. The fourth-order valence-corrected chi connectivity index (χ4v) is 2.87. The van der Waals surface area contributed by atoms with E-state index in [1.54, 1.807) is 7.05 Å². The van der Waals surface area contributed by atoms with Crippen molar-refractivity contribution in [1.82, 2.24) is 9.80 Å². The molecule has 120 valence electrons. The molecule has 0 aromatic heterocycles. The number of carbonyl (C=O) groups excluding carboxylic acids is 2. The van der Waals surface area contributed by atoms with Crippen LogP contribution in [0.2, 0.25) is 0 Å². The predicted molar refractivity (Wildman–Crippen MR) is 90.7 cm³/mol. The Morgan fingerprint density at radius 2 is 1.91 bits per heavy atom. The minimum atomic E-state index is -0.193. The lowest BCUT2D eigenvalue weighted by molar-refractivity contribution is -0.134. The van der Waals surface area contributed by atoms with E-state index < -0.39 is 0 Å². The highest BCUT2D eigenvalue weighted by Gasteiger charge is 2.18. The van der Waals surface area contributed by atoms with Crippen LogP contribution in [0, 0.1) is 0 Å². The van der Waals surface area contributed by atoms with Crippen LogP contribution in [0.3, 0.4) is 0 Å². The molecule has 2 rings (SSSR count). The van der Waals surface area contributed by atoms with E-state index in [2.05, 4.69) is 26.1 Å². The van der Waals surface area contributed by atoms with E-state index in [0.29, 0.717) is 12.2 Å². The lowest BCUT2D eigenvalue weighted by atomic mass is 10.1. The standard InChI is InChI=1S/C16H22BrN3O2/c1-19(16(22)12-20-9-5-2-6-10-20)11-15(21)18-14-8-4-3-7-13(14)17/h3-4,7-8H,2,5-6,9-12H2,1H3,(H,18,21). The molecule has 0 atom stereocenters. The summed E-state index contributed by atoms with van der Waals surface area (Å²) in [6.07, 6.45) is 3.55. The normalized spacial score (nSPS) is 15.4. The molecule has 0 saturated carbocycles. The topological polar surface area (TPSA) is 52.7 Å². The minimum Gasteiger partial charge on any atom is -0.335 e. The molecule has 6 heteroatoms. The molecule has 1 heterocycles. The molecule has 0 spiro atoms. The number of piperidine rings is 1.